The summed E-state index contributed by atoms with van der Waals surface area (Å²) < 4.78 is 48.5. The zero-order valence-corrected chi connectivity index (χ0v) is 21.3. The lowest BCUT2D eigenvalue weighted by Gasteiger charge is -2.28. The number of aromatic nitrogens is 5. The second kappa shape index (κ2) is 10.0. The van der Waals surface area contributed by atoms with E-state index in [-0.39, 0.29) is 29.5 Å². The van der Waals surface area contributed by atoms with Gasteiger partial charge in [0.15, 0.2) is 11.6 Å². The van der Waals surface area contributed by atoms with Crippen molar-refractivity contribution in [1.29, 1.82) is 0 Å². The van der Waals surface area contributed by atoms with Gasteiger partial charge in [-0.05, 0) is 46.5 Å². The normalized spacial score (nSPS) is 23.0. The van der Waals surface area contributed by atoms with Gasteiger partial charge in [-0.3, -0.25) is 9.29 Å². The minimum absolute atomic E-state index is 0.00288. The summed E-state index contributed by atoms with van der Waals surface area (Å²) in [7, 11) is -2.55. The molecule has 13 heteroatoms. The number of anilines is 1. The molecule has 2 saturated heterocycles. The molecular formula is C21H31ClN6O5S. The molecule has 4 heterocycles. The molecular weight excluding hydrogens is 484 g/mol. The fourth-order valence-electron chi connectivity index (χ4n) is 4.42. The molecule has 34 heavy (non-hydrogen) atoms. The predicted molar refractivity (Wildman–Crippen MR) is 125 cm³/mol. The van der Waals surface area contributed by atoms with Crippen molar-refractivity contribution in [2.45, 2.75) is 75.6 Å². The van der Waals surface area contributed by atoms with Gasteiger partial charge in [0.2, 0.25) is 16.0 Å². The largest absolute Gasteiger partial charge is 0.381 e. The Morgan fingerprint density at radius 3 is 2.47 bits per heavy atom. The Hall–Kier alpha value is -1.86. The summed E-state index contributed by atoms with van der Waals surface area (Å²) in [5, 5.41) is 7.92. The van der Waals surface area contributed by atoms with Gasteiger partial charge in [-0.25, -0.2) is 18.4 Å². The Balaban J connectivity index is 1.63. The quantitative estimate of drug-likeness (QED) is 0.564. The molecule has 3 atom stereocenters. The molecule has 0 amide bonds. The minimum Gasteiger partial charge on any atom is -0.381 e. The van der Waals surface area contributed by atoms with Crippen LogP contribution < -0.4 is 4.72 Å². The maximum atomic E-state index is 13.4. The molecule has 4 rings (SSSR count). The Morgan fingerprint density at radius 1 is 1.21 bits per heavy atom. The number of halogens is 1. The molecule has 0 saturated carbocycles. The van der Waals surface area contributed by atoms with E-state index in [4.69, 9.17) is 25.8 Å². The van der Waals surface area contributed by atoms with E-state index in [0.717, 1.165) is 25.7 Å². The number of rotatable bonds is 8. The smallest absolute Gasteiger partial charge is 0.240 e. The first-order valence-corrected chi connectivity index (χ1v) is 13.3. The first-order chi connectivity index (χ1) is 16.1. The van der Waals surface area contributed by atoms with Gasteiger partial charge in [-0.15, -0.1) is 10.2 Å². The van der Waals surface area contributed by atoms with E-state index in [1.165, 1.54) is 26.4 Å². The number of methoxy groups -OCH3 is 1. The molecule has 0 spiro atoms. The van der Waals surface area contributed by atoms with Crippen LogP contribution in [0.25, 0.3) is 0 Å². The highest BCUT2D eigenvalue weighted by molar-refractivity contribution is 7.93. The van der Waals surface area contributed by atoms with Crippen LogP contribution in [0.4, 0.5) is 5.95 Å². The molecule has 11 nitrogen and oxygen atoms in total. The Morgan fingerprint density at radius 2 is 1.88 bits per heavy atom. The van der Waals surface area contributed by atoms with Crippen molar-refractivity contribution in [1.82, 2.24) is 24.7 Å². The lowest BCUT2D eigenvalue weighted by molar-refractivity contribution is -0.0232. The third-order valence-corrected chi connectivity index (χ3v) is 8.22. The number of hydrogen-bond donors (Lipinski definition) is 1. The van der Waals surface area contributed by atoms with Gasteiger partial charge in [-0.1, -0.05) is 11.6 Å². The number of nitrogens with one attached hydrogen (secondary N) is 1. The maximum absolute atomic E-state index is 13.4. The number of ether oxygens (including phenoxy) is 3. The fraction of sp³-hybridized carbons (Fsp3) is 0.714. The topological polar surface area (TPSA) is 130 Å². The van der Waals surface area contributed by atoms with Gasteiger partial charge in [0, 0.05) is 38.8 Å². The van der Waals surface area contributed by atoms with Crippen LogP contribution in [0.2, 0.25) is 5.02 Å². The lowest BCUT2D eigenvalue weighted by Crippen LogP contribution is -2.34. The summed E-state index contributed by atoms with van der Waals surface area (Å²) in [6.07, 6.45) is 4.77. The summed E-state index contributed by atoms with van der Waals surface area (Å²) in [6.45, 7) is 6.78. The molecule has 2 aromatic heterocycles. The van der Waals surface area contributed by atoms with Crippen LogP contribution in [0.15, 0.2) is 12.4 Å². The van der Waals surface area contributed by atoms with E-state index in [2.05, 4.69) is 24.9 Å². The van der Waals surface area contributed by atoms with Gasteiger partial charge in [-0.2, -0.15) is 0 Å². The van der Waals surface area contributed by atoms with E-state index in [0.29, 0.717) is 24.1 Å². The van der Waals surface area contributed by atoms with Crippen LogP contribution in [0.5, 0.6) is 0 Å². The molecule has 2 fully saturated rings. The van der Waals surface area contributed by atoms with Crippen molar-refractivity contribution in [3.05, 3.63) is 29.1 Å². The Labute approximate surface area is 204 Å². The van der Waals surface area contributed by atoms with Crippen molar-refractivity contribution in [3.8, 4) is 0 Å². The Kier molecular flexibility index (Phi) is 7.44. The predicted octanol–water partition coefficient (Wildman–Crippen LogP) is 3.22. The number of hydrogen-bond acceptors (Lipinski definition) is 9. The summed E-state index contributed by atoms with van der Waals surface area (Å²) in [5.74, 6) is 1.01. The first kappa shape index (κ1) is 25.2. The molecule has 0 bridgehead atoms. The summed E-state index contributed by atoms with van der Waals surface area (Å²) >= 11 is 5.87. The molecule has 0 aliphatic carbocycles. The summed E-state index contributed by atoms with van der Waals surface area (Å²) in [6, 6.07) is -0.00288. The molecule has 2 aromatic rings. The minimum atomic E-state index is -3.96. The standard InChI is InChI=1S/C21H31ClN6O5S/c1-13(17(31-4)18-23-11-14(22)12-24-18)34(29,30)27-20-26-25-19(16-5-8-21(2,3)33-16)28(20)15-6-9-32-10-7-15/h11-13,15-17H,5-10H2,1-4H3,(H,26,27)/t13-,16+,17-/m0/s1. The molecule has 2 aliphatic heterocycles. The Bertz CT molecular complexity index is 1090. The highest BCUT2D eigenvalue weighted by Crippen LogP contribution is 2.40. The maximum Gasteiger partial charge on any atom is 0.240 e. The van der Waals surface area contributed by atoms with Gasteiger partial charge >= 0.3 is 0 Å². The third kappa shape index (κ3) is 5.35. The van der Waals surface area contributed by atoms with Crippen LogP contribution in [0.1, 0.15) is 76.4 Å². The lowest BCUT2D eigenvalue weighted by atomic mass is 10.0. The second-order valence-corrected chi connectivity index (χ2v) is 11.7. The van der Waals surface area contributed by atoms with Gasteiger partial charge in [0.05, 0.1) is 10.6 Å². The zero-order chi connectivity index (χ0) is 24.5. The molecule has 188 valence electrons. The van der Waals surface area contributed by atoms with Crippen molar-refractivity contribution in [2.24, 2.45) is 0 Å². The van der Waals surface area contributed by atoms with Crippen LogP contribution in [-0.4, -0.2) is 64.3 Å². The van der Waals surface area contributed by atoms with Crippen molar-refractivity contribution in [2.75, 3.05) is 25.0 Å². The average molecular weight is 515 g/mol. The van der Waals surface area contributed by atoms with Gasteiger partial charge < -0.3 is 14.2 Å². The van der Waals surface area contributed by atoms with Crippen LogP contribution >= 0.6 is 11.6 Å². The fourth-order valence-corrected chi connectivity index (χ4v) is 5.65. The zero-order valence-electron chi connectivity index (χ0n) is 19.8. The summed E-state index contributed by atoms with van der Waals surface area (Å²) in [5.41, 5.74) is -0.268. The van der Waals surface area contributed by atoms with E-state index < -0.39 is 21.4 Å². The van der Waals surface area contributed by atoms with Crippen molar-refractivity contribution in [3.63, 3.8) is 0 Å². The monoisotopic (exact) mass is 514 g/mol. The SMILES string of the molecule is CO[C@H](c1ncc(Cl)cn1)[C@H](C)S(=O)(=O)Nc1nnc([C@H]2CCC(C)(C)O2)n1C1CCOCC1. The van der Waals surface area contributed by atoms with Crippen molar-refractivity contribution >= 4 is 27.6 Å². The molecule has 1 N–H and O–H groups in total. The van der Waals surface area contributed by atoms with Crippen LogP contribution in [0, 0.1) is 0 Å². The van der Waals surface area contributed by atoms with Gasteiger partial charge in [0.25, 0.3) is 0 Å². The van der Waals surface area contributed by atoms with Gasteiger partial charge in [0.1, 0.15) is 17.5 Å². The van der Waals surface area contributed by atoms with E-state index in [9.17, 15) is 8.42 Å². The molecule has 0 aromatic carbocycles. The highest BCUT2D eigenvalue weighted by Gasteiger charge is 2.39. The third-order valence-electron chi connectivity index (χ3n) is 6.33. The number of nitrogens with zero attached hydrogens (tertiary/aromatic N) is 5. The molecule has 0 radical (unpaired) electrons. The van der Waals surface area contributed by atoms with E-state index in [1.54, 1.807) is 0 Å². The van der Waals surface area contributed by atoms with E-state index >= 15 is 0 Å². The summed E-state index contributed by atoms with van der Waals surface area (Å²) in [4.78, 5) is 8.26. The molecule has 0 unspecified atom stereocenters. The average Bonchev–Trinajstić information content (AvgIpc) is 3.38. The molecule has 2 aliphatic rings. The van der Waals surface area contributed by atoms with E-state index in [1.807, 2.05) is 18.4 Å². The van der Waals surface area contributed by atoms with Crippen LogP contribution in [-0.2, 0) is 24.2 Å². The number of sulfonamides is 1. The second-order valence-electron chi connectivity index (χ2n) is 9.27. The van der Waals surface area contributed by atoms with Crippen LogP contribution in [0.3, 0.4) is 0 Å². The highest BCUT2D eigenvalue weighted by atomic mass is 35.5. The van der Waals surface area contributed by atoms with Crippen molar-refractivity contribution < 1.29 is 22.6 Å². The first-order valence-electron chi connectivity index (χ1n) is 11.3.